The SMILES string of the molecule is Cc1ccnc2sc(Nc3ccccc3)nc12. The van der Waals surface area contributed by atoms with Crippen molar-refractivity contribution in [2.45, 2.75) is 6.92 Å². The van der Waals surface area contributed by atoms with Crippen LogP contribution in [-0.4, -0.2) is 9.97 Å². The minimum absolute atomic E-state index is 0.882. The van der Waals surface area contributed by atoms with Crippen molar-refractivity contribution in [1.29, 1.82) is 0 Å². The molecule has 0 saturated carbocycles. The van der Waals surface area contributed by atoms with Gasteiger partial charge in [0.15, 0.2) is 5.13 Å². The summed E-state index contributed by atoms with van der Waals surface area (Å²) in [4.78, 5) is 9.85. The number of hydrogen-bond acceptors (Lipinski definition) is 4. The summed E-state index contributed by atoms with van der Waals surface area (Å²) >= 11 is 1.57. The summed E-state index contributed by atoms with van der Waals surface area (Å²) in [5.74, 6) is 0. The van der Waals surface area contributed by atoms with Crippen LogP contribution < -0.4 is 5.32 Å². The summed E-state index contributed by atoms with van der Waals surface area (Å²) in [6, 6.07) is 12.0. The molecule has 0 radical (unpaired) electrons. The molecule has 4 heteroatoms. The van der Waals surface area contributed by atoms with Gasteiger partial charge >= 0.3 is 0 Å². The molecule has 0 spiro atoms. The number of thiazole rings is 1. The van der Waals surface area contributed by atoms with Crippen LogP contribution in [0.25, 0.3) is 10.3 Å². The third-order valence-corrected chi connectivity index (χ3v) is 3.40. The Morgan fingerprint density at radius 3 is 2.71 bits per heavy atom. The fourth-order valence-electron chi connectivity index (χ4n) is 1.65. The van der Waals surface area contributed by atoms with Crippen LogP contribution in [0.4, 0.5) is 10.8 Å². The van der Waals surface area contributed by atoms with E-state index < -0.39 is 0 Å². The molecule has 0 unspecified atom stereocenters. The van der Waals surface area contributed by atoms with Gasteiger partial charge in [0.05, 0.1) is 0 Å². The number of benzene rings is 1. The third-order valence-electron chi connectivity index (χ3n) is 2.52. The topological polar surface area (TPSA) is 37.8 Å². The monoisotopic (exact) mass is 241 g/mol. The first-order valence-corrected chi connectivity index (χ1v) is 6.19. The van der Waals surface area contributed by atoms with E-state index in [1.165, 1.54) is 0 Å². The molecule has 1 aromatic carbocycles. The Bertz CT molecular complexity index is 646. The molecule has 17 heavy (non-hydrogen) atoms. The van der Waals surface area contributed by atoms with Crippen LogP contribution in [0.3, 0.4) is 0 Å². The quantitative estimate of drug-likeness (QED) is 0.742. The molecule has 0 atom stereocenters. The number of rotatable bonds is 2. The van der Waals surface area contributed by atoms with Gasteiger partial charge in [0.1, 0.15) is 10.3 Å². The lowest BCUT2D eigenvalue weighted by Gasteiger charge is -1.99. The number of anilines is 2. The van der Waals surface area contributed by atoms with E-state index >= 15 is 0 Å². The summed E-state index contributed by atoms with van der Waals surface area (Å²) in [5.41, 5.74) is 3.19. The highest BCUT2D eigenvalue weighted by Crippen LogP contribution is 2.28. The van der Waals surface area contributed by atoms with Crippen molar-refractivity contribution in [3.05, 3.63) is 48.2 Å². The van der Waals surface area contributed by atoms with E-state index in [4.69, 9.17) is 0 Å². The second-order valence-electron chi connectivity index (χ2n) is 3.79. The third kappa shape index (κ3) is 1.99. The Morgan fingerprint density at radius 1 is 1.12 bits per heavy atom. The zero-order valence-corrected chi connectivity index (χ0v) is 10.2. The summed E-state index contributed by atoms with van der Waals surface area (Å²) in [6.07, 6.45) is 1.82. The number of nitrogens with zero attached hydrogens (tertiary/aromatic N) is 2. The van der Waals surface area contributed by atoms with Gasteiger partial charge in [-0.3, -0.25) is 0 Å². The lowest BCUT2D eigenvalue weighted by Crippen LogP contribution is -1.87. The molecular formula is C13H11N3S. The maximum absolute atomic E-state index is 4.55. The zero-order chi connectivity index (χ0) is 11.7. The van der Waals surface area contributed by atoms with E-state index in [9.17, 15) is 0 Å². The van der Waals surface area contributed by atoms with Crippen LogP contribution in [0.5, 0.6) is 0 Å². The average molecular weight is 241 g/mol. The van der Waals surface area contributed by atoms with Gasteiger partial charge in [-0.05, 0) is 30.7 Å². The zero-order valence-electron chi connectivity index (χ0n) is 9.34. The highest BCUT2D eigenvalue weighted by molar-refractivity contribution is 7.21. The van der Waals surface area contributed by atoms with Crippen molar-refractivity contribution in [1.82, 2.24) is 9.97 Å². The van der Waals surface area contributed by atoms with Gasteiger partial charge in [-0.1, -0.05) is 29.5 Å². The normalized spacial score (nSPS) is 10.6. The minimum Gasteiger partial charge on any atom is -0.331 e. The molecule has 2 aromatic heterocycles. The number of hydrogen-bond donors (Lipinski definition) is 1. The molecule has 3 rings (SSSR count). The van der Waals surface area contributed by atoms with Gasteiger partial charge in [0, 0.05) is 11.9 Å². The smallest absolute Gasteiger partial charge is 0.189 e. The number of pyridine rings is 1. The average Bonchev–Trinajstić information content (AvgIpc) is 2.74. The van der Waals surface area contributed by atoms with Crippen LogP contribution in [-0.2, 0) is 0 Å². The molecule has 3 aromatic rings. The van der Waals surface area contributed by atoms with Gasteiger partial charge in [-0.2, -0.15) is 0 Å². The summed E-state index contributed by atoms with van der Waals surface area (Å²) in [5, 5.41) is 4.17. The molecule has 1 N–H and O–H groups in total. The maximum atomic E-state index is 4.55. The van der Waals surface area contributed by atoms with Gasteiger partial charge < -0.3 is 5.32 Å². The van der Waals surface area contributed by atoms with E-state index in [0.29, 0.717) is 0 Å². The Balaban J connectivity index is 1.99. The van der Waals surface area contributed by atoms with Crippen molar-refractivity contribution in [2.75, 3.05) is 5.32 Å². The van der Waals surface area contributed by atoms with Crippen molar-refractivity contribution >= 4 is 32.5 Å². The van der Waals surface area contributed by atoms with Crippen LogP contribution in [0.15, 0.2) is 42.6 Å². The first-order chi connectivity index (χ1) is 8.33. The van der Waals surface area contributed by atoms with Crippen molar-refractivity contribution in [3.8, 4) is 0 Å². The van der Waals surface area contributed by atoms with Crippen molar-refractivity contribution < 1.29 is 0 Å². The Hall–Kier alpha value is -1.94. The van der Waals surface area contributed by atoms with Gasteiger partial charge in [-0.15, -0.1) is 0 Å². The molecule has 0 amide bonds. The molecule has 0 aliphatic heterocycles. The Labute approximate surface area is 103 Å². The van der Waals surface area contributed by atoms with Crippen LogP contribution in [0.2, 0.25) is 0 Å². The predicted octanol–water partition coefficient (Wildman–Crippen LogP) is 3.74. The number of para-hydroxylation sites is 1. The Kier molecular flexibility index (Phi) is 2.49. The summed E-state index contributed by atoms with van der Waals surface area (Å²) in [7, 11) is 0. The molecule has 0 fully saturated rings. The van der Waals surface area contributed by atoms with Gasteiger partial charge in [0.25, 0.3) is 0 Å². The second-order valence-corrected chi connectivity index (χ2v) is 4.77. The fraction of sp³-hybridized carbons (Fsp3) is 0.0769. The van der Waals surface area contributed by atoms with E-state index in [-0.39, 0.29) is 0 Å². The van der Waals surface area contributed by atoms with Crippen molar-refractivity contribution in [2.24, 2.45) is 0 Å². The van der Waals surface area contributed by atoms with E-state index in [1.807, 2.05) is 42.6 Å². The predicted molar refractivity (Wildman–Crippen MR) is 71.9 cm³/mol. The lowest BCUT2D eigenvalue weighted by molar-refractivity contribution is 1.34. The first-order valence-electron chi connectivity index (χ1n) is 5.37. The molecule has 0 saturated heterocycles. The number of aryl methyl sites for hydroxylation is 1. The van der Waals surface area contributed by atoms with Crippen LogP contribution >= 0.6 is 11.3 Å². The van der Waals surface area contributed by atoms with Crippen LogP contribution in [0.1, 0.15) is 5.56 Å². The largest absolute Gasteiger partial charge is 0.331 e. The van der Waals surface area contributed by atoms with Crippen molar-refractivity contribution in [3.63, 3.8) is 0 Å². The summed E-state index contributed by atoms with van der Waals surface area (Å²) < 4.78 is 0. The summed E-state index contributed by atoms with van der Waals surface area (Å²) in [6.45, 7) is 2.05. The van der Waals surface area contributed by atoms with E-state index in [2.05, 4.69) is 22.2 Å². The standard InChI is InChI=1S/C13H11N3S/c1-9-7-8-14-12-11(9)16-13(17-12)15-10-5-3-2-4-6-10/h2-8H,1H3,(H,15,16). The highest BCUT2D eigenvalue weighted by atomic mass is 32.1. The number of fused-ring (bicyclic) bond motifs is 1. The Morgan fingerprint density at radius 2 is 1.94 bits per heavy atom. The maximum Gasteiger partial charge on any atom is 0.189 e. The second kappa shape index (κ2) is 4.14. The highest BCUT2D eigenvalue weighted by Gasteiger charge is 2.06. The molecule has 0 aliphatic carbocycles. The van der Waals surface area contributed by atoms with Gasteiger partial charge in [-0.25, -0.2) is 9.97 Å². The van der Waals surface area contributed by atoms with Crippen LogP contribution in [0, 0.1) is 6.92 Å². The number of nitrogens with one attached hydrogen (secondary N) is 1. The van der Waals surface area contributed by atoms with E-state index in [0.717, 1.165) is 26.7 Å². The molecule has 84 valence electrons. The molecule has 0 bridgehead atoms. The minimum atomic E-state index is 0.882. The van der Waals surface area contributed by atoms with E-state index in [1.54, 1.807) is 11.3 Å². The molecule has 2 heterocycles. The molecular weight excluding hydrogens is 230 g/mol. The number of aromatic nitrogens is 2. The first kappa shape index (κ1) is 10.2. The molecule has 3 nitrogen and oxygen atoms in total. The molecule has 0 aliphatic rings. The fourth-order valence-corrected chi connectivity index (χ4v) is 2.56. The van der Waals surface area contributed by atoms with Gasteiger partial charge in [0.2, 0.25) is 0 Å². The lowest BCUT2D eigenvalue weighted by atomic mass is 10.3.